The molecule has 0 radical (unpaired) electrons. The maximum Gasteiger partial charge on any atom is 0.246 e. The zero-order valence-corrected chi connectivity index (χ0v) is 19.5. The van der Waals surface area contributed by atoms with E-state index in [-0.39, 0.29) is 18.4 Å². The second-order valence-corrected chi connectivity index (χ2v) is 9.40. The number of rotatable bonds is 6. The third-order valence-electron chi connectivity index (χ3n) is 6.83. The molecule has 33 heavy (non-hydrogen) atoms. The van der Waals surface area contributed by atoms with Gasteiger partial charge in [-0.05, 0) is 37.0 Å². The Hall–Kier alpha value is -3.28. The lowest BCUT2D eigenvalue weighted by molar-refractivity contribution is -0.158. The topological polar surface area (TPSA) is 65.6 Å². The predicted molar refractivity (Wildman–Crippen MR) is 128 cm³/mol. The lowest BCUT2D eigenvalue weighted by Gasteiger charge is -2.47. The van der Waals surface area contributed by atoms with E-state index in [0.717, 1.165) is 39.9 Å². The highest BCUT2D eigenvalue weighted by Gasteiger charge is 2.48. The van der Waals surface area contributed by atoms with E-state index in [4.69, 9.17) is 4.74 Å². The highest BCUT2D eigenvalue weighted by atomic mass is 16.5. The van der Waals surface area contributed by atoms with Crippen molar-refractivity contribution in [2.75, 3.05) is 19.7 Å². The molecule has 6 heteroatoms. The van der Waals surface area contributed by atoms with Crippen LogP contribution >= 0.6 is 0 Å². The number of carbonyl (C=O) groups excluding carboxylic acids is 2. The van der Waals surface area contributed by atoms with E-state index in [9.17, 15) is 9.59 Å². The summed E-state index contributed by atoms with van der Waals surface area (Å²) in [5.41, 5.74) is 4.04. The number of hydrogen-bond donors (Lipinski definition) is 1. The van der Waals surface area contributed by atoms with Gasteiger partial charge in [0.2, 0.25) is 11.8 Å². The first-order valence-corrected chi connectivity index (χ1v) is 11.9. The summed E-state index contributed by atoms with van der Waals surface area (Å²) in [7, 11) is 0. The van der Waals surface area contributed by atoms with Gasteiger partial charge in [0.15, 0.2) is 0 Å². The largest absolute Gasteiger partial charge is 0.494 e. The maximum absolute atomic E-state index is 13.7. The molecule has 1 fully saturated rings. The van der Waals surface area contributed by atoms with Gasteiger partial charge in [-0.2, -0.15) is 0 Å². The van der Waals surface area contributed by atoms with Gasteiger partial charge in [0.1, 0.15) is 17.8 Å². The van der Waals surface area contributed by atoms with Crippen molar-refractivity contribution < 1.29 is 14.3 Å². The number of H-pyrrole nitrogens is 1. The number of ether oxygens (including phenoxy) is 1. The van der Waals surface area contributed by atoms with Crippen molar-refractivity contribution in [1.29, 1.82) is 0 Å². The molecule has 0 bridgehead atoms. The molecule has 1 saturated heterocycles. The third kappa shape index (κ3) is 3.67. The van der Waals surface area contributed by atoms with E-state index < -0.39 is 12.1 Å². The fourth-order valence-electron chi connectivity index (χ4n) is 5.24. The normalized spacial score (nSPS) is 20.4. The van der Waals surface area contributed by atoms with Gasteiger partial charge in [-0.1, -0.05) is 50.2 Å². The SMILES string of the molecule is CCOc1ccccc1C1c2[nH]c3ccccc3c2C[C@H]2C(=O)N(CCC(C)C)CC(=O)N12. The summed E-state index contributed by atoms with van der Waals surface area (Å²) in [6.07, 6.45) is 1.41. The Morgan fingerprint density at radius 2 is 1.85 bits per heavy atom. The van der Waals surface area contributed by atoms with Crippen molar-refractivity contribution in [3.8, 4) is 5.75 Å². The van der Waals surface area contributed by atoms with Crippen LogP contribution in [0, 0.1) is 5.92 Å². The zero-order valence-electron chi connectivity index (χ0n) is 19.5. The first-order valence-electron chi connectivity index (χ1n) is 11.9. The molecule has 0 saturated carbocycles. The van der Waals surface area contributed by atoms with Crippen LogP contribution in [-0.2, 0) is 16.0 Å². The van der Waals surface area contributed by atoms with Crippen LogP contribution in [0.5, 0.6) is 5.75 Å². The predicted octanol–water partition coefficient (Wildman–Crippen LogP) is 4.30. The van der Waals surface area contributed by atoms with Gasteiger partial charge in [0.25, 0.3) is 0 Å². The Morgan fingerprint density at radius 1 is 1.09 bits per heavy atom. The molecule has 2 aliphatic heterocycles. The number of fused-ring (bicyclic) bond motifs is 4. The molecule has 172 valence electrons. The van der Waals surface area contributed by atoms with Gasteiger partial charge in [0.05, 0.1) is 13.2 Å². The molecule has 1 N–H and O–H groups in total. The lowest BCUT2D eigenvalue weighted by atomic mass is 9.85. The van der Waals surface area contributed by atoms with Gasteiger partial charge < -0.3 is 19.5 Å². The fourth-order valence-corrected chi connectivity index (χ4v) is 5.24. The van der Waals surface area contributed by atoms with Crippen molar-refractivity contribution in [2.45, 2.75) is 45.7 Å². The maximum atomic E-state index is 13.7. The number of amides is 2. The molecule has 2 aliphatic rings. The van der Waals surface area contributed by atoms with Crippen LogP contribution in [0.2, 0.25) is 0 Å². The van der Waals surface area contributed by atoms with Gasteiger partial charge in [-0.25, -0.2) is 0 Å². The zero-order chi connectivity index (χ0) is 23.1. The molecule has 2 atom stereocenters. The fraction of sp³-hybridized carbons (Fsp3) is 0.407. The number of aromatic nitrogens is 1. The minimum Gasteiger partial charge on any atom is -0.494 e. The smallest absolute Gasteiger partial charge is 0.246 e. The van der Waals surface area contributed by atoms with Crippen molar-refractivity contribution in [1.82, 2.24) is 14.8 Å². The third-order valence-corrected chi connectivity index (χ3v) is 6.83. The first kappa shape index (κ1) is 21.6. The number of aromatic amines is 1. The van der Waals surface area contributed by atoms with E-state index >= 15 is 0 Å². The minimum absolute atomic E-state index is 0.0102. The van der Waals surface area contributed by atoms with Crippen LogP contribution in [0.4, 0.5) is 0 Å². The molecular formula is C27H31N3O3. The van der Waals surface area contributed by atoms with E-state index in [2.05, 4.69) is 31.0 Å². The molecular weight excluding hydrogens is 414 g/mol. The van der Waals surface area contributed by atoms with Gasteiger partial charge in [0, 0.05) is 35.1 Å². The molecule has 5 rings (SSSR count). The monoisotopic (exact) mass is 445 g/mol. The number of nitrogens with one attached hydrogen (secondary N) is 1. The van der Waals surface area contributed by atoms with Crippen molar-refractivity contribution >= 4 is 22.7 Å². The number of benzene rings is 2. The van der Waals surface area contributed by atoms with Gasteiger partial charge >= 0.3 is 0 Å². The Balaban J connectivity index is 1.65. The summed E-state index contributed by atoms with van der Waals surface area (Å²) in [6.45, 7) is 7.52. The van der Waals surface area contributed by atoms with Crippen molar-refractivity contribution in [3.63, 3.8) is 0 Å². The van der Waals surface area contributed by atoms with Crippen LogP contribution in [0.1, 0.15) is 50.1 Å². The molecule has 1 aromatic heterocycles. The van der Waals surface area contributed by atoms with Gasteiger partial charge in [-0.15, -0.1) is 0 Å². The van der Waals surface area contributed by atoms with E-state index in [1.807, 2.05) is 48.2 Å². The number of piperazine rings is 1. The molecule has 3 heterocycles. The molecule has 2 aromatic carbocycles. The number of hydrogen-bond acceptors (Lipinski definition) is 3. The number of carbonyl (C=O) groups is 2. The summed E-state index contributed by atoms with van der Waals surface area (Å²) in [6, 6.07) is 15.1. The standard InChI is InChI=1S/C27H31N3O3/c1-4-33-23-12-8-6-10-19(23)26-25-20(18-9-5-7-11-21(18)28-25)15-22-27(32)29(14-13-17(2)3)16-24(31)30(22)26/h5-12,17,22,26,28H,4,13-16H2,1-3H3/t22-,26?/m0/s1. The molecule has 1 unspecified atom stereocenters. The summed E-state index contributed by atoms with van der Waals surface area (Å²) in [4.78, 5) is 34.4. The Kier molecular flexibility index (Phi) is 5.60. The average molecular weight is 446 g/mol. The Labute approximate surface area is 194 Å². The van der Waals surface area contributed by atoms with Crippen LogP contribution in [0.25, 0.3) is 10.9 Å². The first-order chi connectivity index (χ1) is 16.0. The molecule has 0 spiro atoms. The summed E-state index contributed by atoms with van der Waals surface area (Å²) in [5, 5.41) is 1.12. The molecule has 0 aliphatic carbocycles. The summed E-state index contributed by atoms with van der Waals surface area (Å²) >= 11 is 0. The average Bonchev–Trinajstić information content (AvgIpc) is 3.18. The van der Waals surface area contributed by atoms with Crippen LogP contribution < -0.4 is 4.74 Å². The van der Waals surface area contributed by atoms with Crippen LogP contribution in [0.15, 0.2) is 48.5 Å². The van der Waals surface area contributed by atoms with Crippen molar-refractivity contribution in [3.05, 3.63) is 65.4 Å². The van der Waals surface area contributed by atoms with E-state index in [1.165, 1.54) is 0 Å². The van der Waals surface area contributed by atoms with Crippen molar-refractivity contribution in [2.24, 2.45) is 5.92 Å². The number of para-hydroxylation sites is 2. The molecule has 6 nitrogen and oxygen atoms in total. The highest BCUT2D eigenvalue weighted by Crippen LogP contribution is 2.44. The second kappa shape index (κ2) is 8.58. The van der Waals surface area contributed by atoms with Crippen LogP contribution in [-0.4, -0.2) is 52.3 Å². The summed E-state index contributed by atoms with van der Waals surface area (Å²) in [5.74, 6) is 1.26. The van der Waals surface area contributed by atoms with E-state index in [1.54, 1.807) is 4.90 Å². The Bertz CT molecular complexity index is 1200. The Morgan fingerprint density at radius 3 is 2.64 bits per heavy atom. The van der Waals surface area contributed by atoms with Gasteiger partial charge in [-0.3, -0.25) is 9.59 Å². The number of nitrogens with zero attached hydrogens (tertiary/aromatic N) is 2. The second-order valence-electron chi connectivity index (χ2n) is 9.40. The lowest BCUT2D eigenvalue weighted by Crippen LogP contribution is -2.63. The summed E-state index contributed by atoms with van der Waals surface area (Å²) < 4.78 is 5.96. The van der Waals surface area contributed by atoms with Crippen LogP contribution in [0.3, 0.4) is 0 Å². The molecule has 3 aromatic rings. The minimum atomic E-state index is -0.509. The highest BCUT2D eigenvalue weighted by molar-refractivity contribution is 5.97. The van der Waals surface area contributed by atoms with E-state index in [0.29, 0.717) is 25.5 Å². The quantitative estimate of drug-likeness (QED) is 0.615. The molecule has 2 amide bonds.